The monoisotopic (exact) mass is 382 g/mol. The van der Waals surface area contributed by atoms with Crippen molar-refractivity contribution in [1.82, 2.24) is 9.97 Å². The van der Waals surface area contributed by atoms with Crippen molar-refractivity contribution in [2.24, 2.45) is 0 Å². The first-order valence-corrected chi connectivity index (χ1v) is 8.02. The number of aromatic nitrogens is 2. The molecule has 1 amide bonds. The van der Waals surface area contributed by atoms with Gasteiger partial charge in [-0.1, -0.05) is 0 Å². The molecule has 0 bridgehead atoms. The van der Waals surface area contributed by atoms with Gasteiger partial charge in [0.25, 0.3) is 11.6 Å². The quantitative estimate of drug-likeness (QED) is 0.257. The fourth-order valence-electron chi connectivity index (χ4n) is 2.36. The number of hydrogen-bond donors (Lipinski definition) is 3. The third kappa shape index (κ3) is 4.69. The zero-order chi connectivity index (χ0) is 20.1. The molecule has 0 spiro atoms. The second-order valence-electron chi connectivity index (χ2n) is 5.68. The number of anilines is 1. The van der Waals surface area contributed by atoms with Crippen LogP contribution in [0, 0.1) is 10.1 Å². The molecule has 2 aromatic carbocycles. The Morgan fingerprint density at radius 1 is 1.11 bits per heavy atom. The number of esters is 1. The van der Waals surface area contributed by atoms with Crippen LogP contribution in [0.3, 0.4) is 0 Å². The zero-order valence-corrected chi connectivity index (χ0v) is 14.3. The Morgan fingerprint density at radius 2 is 1.82 bits per heavy atom. The van der Waals surface area contributed by atoms with E-state index in [0.717, 1.165) is 6.08 Å². The lowest BCUT2D eigenvalue weighted by Crippen LogP contribution is -2.20. The van der Waals surface area contributed by atoms with Gasteiger partial charge in [0.1, 0.15) is 0 Å². The van der Waals surface area contributed by atoms with Gasteiger partial charge in [-0.3, -0.25) is 14.9 Å². The molecule has 0 radical (unpaired) electrons. The molecule has 28 heavy (non-hydrogen) atoms. The average Bonchev–Trinajstić information content (AvgIpc) is 3.04. The number of nitro benzene ring substituents is 1. The molecule has 3 aromatic rings. The maximum Gasteiger partial charge on any atom is 0.331 e. The van der Waals surface area contributed by atoms with E-state index in [1.807, 2.05) is 0 Å². The van der Waals surface area contributed by atoms with E-state index >= 15 is 0 Å². The molecule has 0 aliphatic rings. The normalized spacial score (nSPS) is 10.9. The van der Waals surface area contributed by atoms with E-state index in [-0.39, 0.29) is 11.4 Å². The maximum absolute atomic E-state index is 11.9. The lowest BCUT2D eigenvalue weighted by Gasteiger charge is -2.05. The third-order valence-corrected chi connectivity index (χ3v) is 3.66. The van der Waals surface area contributed by atoms with Crippen LogP contribution < -0.4 is 11.0 Å². The average molecular weight is 382 g/mol. The van der Waals surface area contributed by atoms with Crippen LogP contribution in [-0.4, -0.2) is 33.4 Å². The summed E-state index contributed by atoms with van der Waals surface area (Å²) < 4.78 is 4.84. The van der Waals surface area contributed by atoms with Gasteiger partial charge in [0.15, 0.2) is 6.61 Å². The van der Waals surface area contributed by atoms with Gasteiger partial charge in [-0.25, -0.2) is 9.59 Å². The fraction of sp³-hybridized carbons (Fsp3) is 0.0556. The molecule has 3 N–H and O–H groups in total. The molecule has 0 aliphatic carbocycles. The summed E-state index contributed by atoms with van der Waals surface area (Å²) in [5.74, 6) is -1.28. The fourth-order valence-corrected chi connectivity index (χ4v) is 2.36. The summed E-state index contributed by atoms with van der Waals surface area (Å²) in [5, 5.41) is 13.1. The maximum atomic E-state index is 11.9. The second kappa shape index (κ2) is 7.99. The minimum Gasteiger partial charge on any atom is -0.452 e. The van der Waals surface area contributed by atoms with Gasteiger partial charge in [0.05, 0.1) is 16.0 Å². The van der Waals surface area contributed by atoms with Crippen molar-refractivity contribution in [2.75, 3.05) is 11.9 Å². The highest BCUT2D eigenvalue weighted by Gasteiger charge is 2.07. The Bertz CT molecular complexity index is 1130. The van der Waals surface area contributed by atoms with Gasteiger partial charge in [0, 0.05) is 23.9 Å². The minimum atomic E-state index is -0.737. The van der Waals surface area contributed by atoms with Crippen LogP contribution in [0.1, 0.15) is 5.56 Å². The van der Waals surface area contributed by atoms with Gasteiger partial charge in [-0.15, -0.1) is 0 Å². The third-order valence-electron chi connectivity index (χ3n) is 3.66. The summed E-state index contributed by atoms with van der Waals surface area (Å²) in [4.78, 5) is 50.0. The topological polar surface area (TPSA) is 147 Å². The van der Waals surface area contributed by atoms with Crippen LogP contribution in [0.2, 0.25) is 0 Å². The van der Waals surface area contributed by atoms with E-state index in [1.54, 1.807) is 18.2 Å². The molecule has 0 unspecified atom stereocenters. The number of nitrogens with one attached hydrogen (secondary N) is 3. The molecule has 10 nitrogen and oxygen atoms in total. The van der Waals surface area contributed by atoms with E-state index in [1.165, 1.54) is 30.3 Å². The molecule has 3 rings (SSSR count). The Hall–Kier alpha value is -4.21. The van der Waals surface area contributed by atoms with E-state index in [2.05, 4.69) is 15.3 Å². The summed E-state index contributed by atoms with van der Waals surface area (Å²) in [7, 11) is 0. The molecule has 1 heterocycles. The molecule has 142 valence electrons. The molecule has 0 saturated carbocycles. The highest BCUT2D eigenvalue weighted by molar-refractivity contribution is 5.96. The lowest BCUT2D eigenvalue weighted by atomic mass is 10.2. The molecule has 0 fully saturated rings. The first-order valence-electron chi connectivity index (χ1n) is 8.02. The number of imidazole rings is 1. The number of nitrogens with zero attached hydrogens (tertiary/aromatic N) is 1. The summed E-state index contributed by atoms with van der Waals surface area (Å²) in [6.07, 6.45) is 2.53. The van der Waals surface area contributed by atoms with Crippen LogP contribution in [0.4, 0.5) is 11.4 Å². The number of nitro groups is 1. The summed E-state index contributed by atoms with van der Waals surface area (Å²) in [6.45, 7) is -0.495. The molecular formula is C18H14N4O6. The number of ether oxygens (including phenoxy) is 1. The first kappa shape index (κ1) is 18.6. The number of carbonyl (C=O) groups is 2. The number of carbonyl (C=O) groups excluding carboxylic acids is 2. The SMILES string of the molecule is O=C(COC(=O)/C=C/c1ccc([N+](=O)[O-])cc1)Nc1ccc2[nH]c(=O)[nH]c2c1. The highest BCUT2D eigenvalue weighted by Crippen LogP contribution is 2.15. The van der Waals surface area contributed by atoms with E-state index < -0.39 is 23.4 Å². The number of aromatic amines is 2. The zero-order valence-electron chi connectivity index (χ0n) is 14.3. The van der Waals surface area contributed by atoms with Crippen molar-refractivity contribution in [3.63, 3.8) is 0 Å². The second-order valence-corrected chi connectivity index (χ2v) is 5.68. The number of rotatable bonds is 6. The number of non-ortho nitro benzene ring substituents is 1. The smallest absolute Gasteiger partial charge is 0.331 e. The van der Waals surface area contributed by atoms with Crippen molar-refractivity contribution in [3.8, 4) is 0 Å². The number of hydrogen-bond acceptors (Lipinski definition) is 6. The Balaban J connectivity index is 1.50. The van der Waals surface area contributed by atoms with Crippen molar-refractivity contribution < 1.29 is 19.2 Å². The van der Waals surface area contributed by atoms with Crippen molar-refractivity contribution in [2.45, 2.75) is 0 Å². The molecule has 10 heteroatoms. The van der Waals surface area contributed by atoms with Crippen LogP contribution >= 0.6 is 0 Å². The van der Waals surface area contributed by atoms with E-state index in [4.69, 9.17) is 4.74 Å². The first-order chi connectivity index (χ1) is 13.4. The Labute approximate surface area is 157 Å². The molecule has 0 atom stereocenters. The number of fused-ring (bicyclic) bond motifs is 1. The van der Waals surface area contributed by atoms with Crippen LogP contribution in [-0.2, 0) is 14.3 Å². The summed E-state index contributed by atoms with van der Waals surface area (Å²) in [5.41, 5.74) is 1.73. The number of H-pyrrole nitrogens is 2. The van der Waals surface area contributed by atoms with Crippen LogP contribution in [0.25, 0.3) is 17.1 Å². The van der Waals surface area contributed by atoms with Crippen molar-refractivity contribution >= 4 is 40.4 Å². The van der Waals surface area contributed by atoms with E-state index in [9.17, 15) is 24.5 Å². The van der Waals surface area contributed by atoms with Crippen LogP contribution in [0.5, 0.6) is 0 Å². The van der Waals surface area contributed by atoms with Gasteiger partial charge in [0.2, 0.25) is 0 Å². The highest BCUT2D eigenvalue weighted by atomic mass is 16.6. The van der Waals surface area contributed by atoms with Gasteiger partial charge in [-0.05, 0) is 42.0 Å². The predicted molar refractivity (Wildman–Crippen MR) is 101 cm³/mol. The number of amides is 1. The number of benzene rings is 2. The van der Waals surface area contributed by atoms with Gasteiger partial charge < -0.3 is 20.0 Å². The minimum absolute atomic E-state index is 0.0571. The molecule has 1 aromatic heterocycles. The lowest BCUT2D eigenvalue weighted by molar-refractivity contribution is -0.384. The van der Waals surface area contributed by atoms with Crippen molar-refractivity contribution in [1.29, 1.82) is 0 Å². The summed E-state index contributed by atoms with van der Waals surface area (Å²) >= 11 is 0. The predicted octanol–water partition coefficient (Wildman–Crippen LogP) is 1.96. The van der Waals surface area contributed by atoms with Crippen molar-refractivity contribution in [3.05, 3.63) is 74.7 Å². The Kier molecular flexibility index (Phi) is 5.30. The molecule has 0 saturated heterocycles. The van der Waals surface area contributed by atoms with Crippen LogP contribution in [0.15, 0.2) is 53.3 Å². The Morgan fingerprint density at radius 3 is 2.54 bits per heavy atom. The molecular weight excluding hydrogens is 368 g/mol. The van der Waals surface area contributed by atoms with Gasteiger partial charge in [-0.2, -0.15) is 0 Å². The van der Waals surface area contributed by atoms with Gasteiger partial charge >= 0.3 is 11.7 Å². The van der Waals surface area contributed by atoms with E-state index in [0.29, 0.717) is 22.3 Å². The summed E-state index contributed by atoms with van der Waals surface area (Å²) in [6, 6.07) is 10.4. The molecule has 0 aliphatic heterocycles. The standard InChI is InChI=1S/C18H14N4O6/c23-16(19-12-4-7-14-15(9-12)21-18(25)20-14)10-28-17(24)8-3-11-1-5-13(6-2-11)22(26)27/h1-9H,10H2,(H,19,23)(H2,20,21,25)/b8-3+. The largest absolute Gasteiger partial charge is 0.452 e.